The van der Waals surface area contributed by atoms with Crippen molar-refractivity contribution in [2.24, 2.45) is 11.1 Å². The van der Waals surface area contributed by atoms with Crippen molar-refractivity contribution in [2.75, 3.05) is 12.4 Å². The number of aliphatic hydroxyl groups excluding tert-OH is 1. The Balaban J connectivity index is 3.58. The van der Waals surface area contributed by atoms with Gasteiger partial charge < -0.3 is 10.8 Å². The number of aliphatic hydroxyl groups is 1. The average molecular weight is 232 g/mol. The van der Waals surface area contributed by atoms with Crippen LogP contribution in [0.15, 0.2) is 0 Å². The summed E-state index contributed by atoms with van der Waals surface area (Å²) in [5.41, 5.74) is 5.34. The third kappa shape index (κ3) is 6.79. The van der Waals surface area contributed by atoms with Crippen molar-refractivity contribution in [2.45, 2.75) is 45.3 Å². The molecule has 1 atom stereocenters. The Morgan fingerprint density at radius 2 is 2.13 bits per heavy atom. The molecule has 0 aromatic carbocycles. The maximum atomic E-state index is 8.74. The van der Waals surface area contributed by atoms with E-state index in [1.165, 1.54) is 0 Å². The lowest BCUT2D eigenvalue weighted by atomic mass is 9.87. The molecule has 0 saturated heterocycles. The molecule has 0 aromatic heterocycles. The Bertz CT molecular complexity index is 195. The molecule has 4 N–H and O–H groups in total. The summed E-state index contributed by atoms with van der Waals surface area (Å²) in [7, 11) is 0. The highest BCUT2D eigenvalue weighted by Crippen LogP contribution is 2.24. The monoisotopic (exact) mass is 232 g/mol. The smallest absolute Gasteiger partial charge is 0.0963 e. The fourth-order valence-electron chi connectivity index (χ4n) is 1.20. The molecule has 0 aliphatic heterocycles. The van der Waals surface area contributed by atoms with Crippen LogP contribution < -0.4 is 5.73 Å². The topological polar surface area (TPSA) is 70.1 Å². The van der Waals surface area contributed by atoms with E-state index in [2.05, 4.69) is 6.92 Å². The van der Waals surface area contributed by atoms with Gasteiger partial charge in [0, 0.05) is 17.3 Å². The quantitative estimate of drug-likeness (QED) is 0.341. The molecule has 0 bridgehead atoms. The highest BCUT2D eigenvalue weighted by Gasteiger charge is 2.20. The zero-order valence-corrected chi connectivity index (χ0v) is 10.9. The summed E-state index contributed by atoms with van der Waals surface area (Å²) in [6.45, 7) is 6.43. The van der Waals surface area contributed by atoms with E-state index in [4.69, 9.17) is 16.2 Å². The van der Waals surface area contributed by atoms with E-state index in [1.54, 1.807) is 0 Å². The van der Waals surface area contributed by atoms with Gasteiger partial charge in [0.1, 0.15) is 0 Å². The van der Waals surface area contributed by atoms with Gasteiger partial charge in [0.2, 0.25) is 0 Å². The first-order valence-electron chi connectivity index (χ1n) is 5.47. The Morgan fingerprint density at radius 3 is 2.60 bits per heavy atom. The van der Waals surface area contributed by atoms with Gasteiger partial charge in [0.25, 0.3) is 0 Å². The Kier molecular flexibility index (Phi) is 7.02. The molecule has 0 saturated carbocycles. The third-order valence-corrected chi connectivity index (χ3v) is 3.94. The number of hydrogen-bond acceptors (Lipinski definition) is 3. The van der Waals surface area contributed by atoms with Crippen molar-refractivity contribution in [3.63, 3.8) is 0 Å². The molecule has 15 heavy (non-hydrogen) atoms. The molecule has 0 fully saturated rings. The van der Waals surface area contributed by atoms with E-state index in [-0.39, 0.29) is 17.9 Å². The largest absolute Gasteiger partial charge is 0.396 e. The lowest BCUT2D eigenvalue weighted by Gasteiger charge is -2.22. The fraction of sp³-hybridized carbons (Fsp3) is 0.909. The maximum absolute atomic E-state index is 8.74. The van der Waals surface area contributed by atoms with Crippen LogP contribution in [0.4, 0.5) is 0 Å². The van der Waals surface area contributed by atoms with E-state index in [9.17, 15) is 0 Å². The van der Waals surface area contributed by atoms with Crippen LogP contribution in [-0.2, 0) is 0 Å². The van der Waals surface area contributed by atoms with Gasteiger partial charge in [-0.1, -0.05) is 20.8 Å². The van der Waals surface area contributed by atoms with Crippen LogP contribution in [0.5, 0.6) is 0 Å². The van der Waals surface area contributed by atoms with Gasteiger partial charge in [0.05, 0.1) is 5.84 Å². The number of nitrogens with one attached hydrogen (secondary N) is 1. The maximum Gasteiger partial charge on any atom is 0.0963 e. The molecule has 0 amide bonds. The molecule has 0 aliphatic rings. The zero-order valence-electron chi connectivity index (χ0n) is 10.0. The highest BCUT2D eigenvalue weighted by atomic mass is 32.2. The van der Waals surface area contributed by atoms with Gasteiger partial charge in [0.15, 0.2) is 0 Å². The van der Waals surface area contributed by atoms with Crippen LogP contribution >= 0.6 is 11.8 Å². The standard InChI is InChI=1S/C11H24N2OS/c1-9(5-7-14)15-8-4-6-11(2,3)10(12)13/h9,14H,4-8H2,1-3H3,(H3,12,13). The second-order valence-corrected chi connectivity index (χ2v) is 6.14. The molecule has 0 radical (unpaired) electrons. The van der Waals surface area contributed by atoms with Gasteiger partial charge in [-0.3, -0.25) is 5.41 Å². The SMILES string of the molecule is CC(CCO)SCCCC(C)(C)C(=N)N. The summed E-state index contributed by atoms with van der Waals surface area (Å²) in [6.07, 6.45) is 2.90. The zero-order chi connectivity index (χ0) is 11.9. The number of rotatable bonds is 8. The summed E-state index contributed by atoms with van der Waals surface area (Å²) in [5.74, 6) is 1.36. The lowest BCUT2D eigenvalue weighted by molar-refractivity contribution is 0.289. The molecule has 4 heteroatoms. The number of hydrogen-bond donors (Lipinski definition) is 3. The minimum absolute atomic E-state index is 0.166. The first-order chi connectivity index (χ1) is 6.90. The van der Waals surface area contributed by atoms with E-state index >= 15 is 0 Å². The first kappa shape index (κ1) is 14.8. The van der Waals surface area contributed by atoms with Gasteiger partial charge in [-0.05, 0) is 25.0 Å². The normalized spacial score (nSPS) is 13.9. The Morgan fingerprint density at radius 1 is 1.53 bits per heavy atom. The lowest BCUT2D eigenvalue weighted by Crippen LogP contribution is -2.30. The molecule has 0 aliphatic carbocycles. The van der Waals surface area contributed by atoms with E-state index in [1.807, 2.05) is 25.6 Å². The summed E-state index contributed by atoms with van der Waals surface area (Å²) >= 11 is 1.88. The number of thioether (sulfide) groups is 1. The van der Waals surface area contributed by atoms with Crippen LogP contribution in [0, 0.1) is 10.8 Å². The molecule has 1 unspecified atom stereocenters. The van der Waals surface area contributed by atoms with Crippen LogP contribution in [0.25, 0.3) is 0 Å². The number of nitrogens with two attached hydrogens (primary N) is 1. The number of amidine groups is 1. The minimum Gasteiger partial charge on any atom is -0.396 e. The Hall–Kier alpha value is -0.220. The Labute approximate surface area is 97.3 Å². The van der Waals surface area contributed by atoms with Crippen molar-refractivity contribution < 1.29 is 5.11 Å². The van der Waals surface area contributed by atoms with Crippen LogP contribution in [0.1, 0.15) is 40.0 Å². The summed E-state index contributed by atoms with van der Waals surface area (Å²) in [4.78, 5) is 0. The second-order valence-electron chi connectivity index (χ2n) is 4.59. The van der Waals surface area contributed by atoms with Crippen molar-refractivity contribution in [3.05, 3.63) is 0 Å². The molecule has 0 spiro atoms. The highest BCUT2D eigenvalue weighted by molar-refractivity contribution is 7.99. The minimum atomic E-state index is -0.166. The van der Waals surface area contributed by atoms with Crippen LogP contribution in [0.3, 0.4) is 0 Å². The van der Waals surface area contributed by atoms with E-state index in [0.717, 1.165) is 25.0 Å². The van der Waals surface area contributed by atoms with E-state index in [0.29, 0.717) is 5.25 Å². The molecule has 3 nitrogen and oxygen atoms in total. The van der Waals surface area contributed by atoms with Crippen molar-refractivity contribution in [1.29, 1.82) is 5.41 Å². The predicted molar refractivity (Wildman–Crippen MR) is 68.6 cm³/mol. The predicted octanol–water partition coefficient (Wildman–Crippen LogP) is 2.23. The van der Waals surface area contributed by atoms with Gasteiger partial charge in [-0.15, -0.1) is 0 Å². The molecule has 0 aromatic rings. The molecular weight excluding hydrogens is 208 g/mol. The van der Waals surface area contributed by atoms with Crippen molar-refractivity contribution in [3.8, 4) is 0 Å². The first-order valence-corrected chi connectivity index (χ1v) is 6.52. The van der Waals surface area contributed by atoms with Crippen molar-refractivity contribution >= 4 is 17.6 Å². The van der Waals surface area contributed by atoms with Gasteiger partial charge in [-0.2, -0.15) is 11.8 Å². The summed E-state index contributed by atoms with van der Waals surface area (Å²) in [6, 6.07) is 0. The molecule has 0 rings (SSSR count). The second kappa shape index (κ2) is 7.12. The summed E-state index contributed by atoms with van der Waals surface area (Å²) in [5, 5.41) is 16.7. The molecular formula is C11H24N2OS. The average Bonchev–Trinajstić information content (AvgIpc) is 2.13. The van der Waals surface area contributed by atoms with Gasteiger partial charge in [-0.25, -0.2) is 0 Å². The fourth-order valence-corrected chi connectivity index (χ4v) is 2.18. The van der Waals surface area contributed by atoms with E-state index < -0.39 is 0 Å². The molecule has 90 valence electrons. The van der Waals surface area contributed by atoms with Gasteiger partial charge >= 0.3 is 0 Å². The summed E-state index contributed by atoms with van der Waals surface area (Å²) < 4.78 is 0. The van der Waals surface area contributed by atoms with Crippen LogP contribution in [0.2, 0.25) is 0 Å². The van der Waals surface area contributed by atoms with Crippen molar-refractivity contribution in [1.82, 2.24) is 0 Å². The van der Waals surface area contributed by atoms with Crippen LogP contribution in [-0.4, -0.2) is 28.6 Å². The molecule has 0 heterocycles. The third-order valence-electron chi connectivity index (χ3n) is 2.61.